The van der Waals surface area contributed by atoms with Crippen LogP contribution in [0, 0.1) is 6.92 Å². The van der Waals surface area contributed by atoms with Crippen molar-refractivity contribution >= 4 is 44.4 Å². The Balaban J connectivity index is 1.18. The molecule has 7 rings (SSSR count). The van der Waals surface area contributed by atoms with Crippen LogP contribution in [-0.4, -0.2) is 55.0 Å². The molecule has 0 aliphatic carbocycles. The van der Waals surface area contributed by atoms with Gasteiger partial charge in [-0.3, -0.25) is 14.8 Å². The number of fused-ring (bicyclic) bond motifs is 2. The van der Waals surface area contributed by atoms with E-state index in [4.69, 9.17) is 19.6 Å². The summed E-state index contributed by atoms with van der Waals surface area (Å²) in [5.74, 6) is -0.0554. The van der Waals surface area contributed by atoms with Crippen molar-refractivity contribution in [3.05, 3.63) is 88.9 Å². The van der Waals surface area contributed by atoms with Gasteiger partial charge in [-0.15, -0.1) is 0 Å². The number of esters is 1. The minimum absolute atomic E-state index is 0.184. The van der Waals surface area contributed by atoms with Crippen molar-refractivity contribution in [1.29, 1.82) is 0 Å². The molecule has 0 spiro atoms. The molecule has 1 fully saturated rings. The summed E-state index contributed by atoms with van der Waals surface area (Å²) in [5.41, 5.74) is 4.93. The van der Waals surface area contributed by atoms with Crippen LogP contribution in [0.2, 0.25) is 0 Å². The third-order valence-electron chi connectivity index (χ3n) is 9.71. The van der Waals surface area contributed by atoms with Gasteiger partial charge in [0.25, 0.3) is 5.91 Å². The zero-order chi connectivity index (χ0) is 36.1. The van der Waals surface area contributed by atoms with Crippen molar-refractivity contribution in [3.8, 4) is 11.1 Å². The first kappa shape index (κ1) is 34.8. The third-order valence-corrected chi connectivity index (χ3v) is 10.7. The summed E-state index contributed by atoms with van der Waals surface area (Å²) in [6.45, 7) is 15.8. The fourth-order valence-corrected chi connectivity index (χ4v) is 8.22. The van der Waals surface area contributed by atoms with Crippen molar-refractivity contribution in [1.82, 2.24) is 19.7 Å². The van der Waals surface area contributed by atoms with Gasteiger partial charge in [-0.2, -0.15) is 5.10 Å². The van der Waals surface area contributed by atoms with E-state index in [0.29, 0.717) is 41.7 Å². The van der Waals surface area contributed by atoms with E-state index >= 15 is 0 Å². The highest BCUT2D eigenvalue weighted by Crippen LogP contribution is 2.38. The molecular weight excluding hydrogens is 661 g/mol. The lowest BCUT2D eigenvalue weighted by atomic mass is 9.88. The average molecular weight is 707 g/mol. The van der Waals surface area contributed by atoms with Crippen LogP contribution in [-0.2, 0) is 29.0 Å². The Morgan fingerprint density at radius 2 is 1.80 bits per heavy atom. The Labute approximate surface area is 303 Å². The maximum atomic E-state index is 13.8. The van der Waals surface area contributed by atoms with Crippen LogP contribution in [0.1, 0.15) is 98.5 Å². The van der Waals surface area contributed by atoms with Crippen LogP contribution in [0.4, 0.5) is 10.9 Å². The van der Waals surface area contributed by atoms with E-state index in [2.05, 4.69) is 42.0 Å². The molecule has 266 valence electrons. The van der Waals surface area contributed by atoms with Crippen LogP contribution < -0.4 is 10.2 Å². The molecule has 10 nitrogen and oxygen atoms in total. The SMILES string of the molecule is Cc1c(-c2ccc(N3CCc4cccc(C(=O)Nc5nc6ccccc6s5)c4C3)nc2C(=O)OC(C)(C)C)cnn1CC1(C)CCCC(C)(C)O1. The molecule has 2 aliphatic rings. The number of pyridine rings is 1. The molecule has 1 unspecified atom stereocenters. The van der Waals surface area contributed by atoms with Gasteiger partial charge in [0.1, 0.15) is 11.4 Å². The van der Waals surface area contributed by atoms with E-state index in [1.54, 1.807) is 0 Å². The summed E-state index contributed by atoms with van der Waals surface area (Å²) in [4.78, 5) is 39.1. The molecule has 1 amide bonds. The molecule has 0 bridgehead atoms. The van der Waals surface area contributed by atoms with Crippen LogP contribution >= 0.6 is 11.3 Å². The molecule has 2 aromatic carbocycles. The number of rotatable bonds is 7. The predicted molar refractivity (Wildman–Crippen MR) is 202 cm³/mol. The van der Waals surface area contributed by atoms with E-state index in [9.17, 15) is 9.59 Å². The van der Waals surface area contributed by atoms with Gasteiger partial charge in [0.2, 0.25) is 0 Å². The summed E-state index contributed by atoms with van der Waals surface area (Å²) in [7, 11) is 0. The molecule has 0 saturated carbocycles. The molecule has 1 atom stereocenters. The normalized spacial score (nSPS) is 18.8. The lowest BCUT2D eigenvalue weighted by molar-refractivity contribution is -0.172. The lowest BCUT2D eigenvalue weighted by Crippen LogP contribution is -2.46. The molecule has 3 aromatic heterocycles. The molecule has 51 heavy (non-hydrogen) atoms. The molecule has 0 radical (unpaired) electrons. The van der Waals surface area contributed by atoms with Crippen molar-refractivity contribution in [2.75, 3.05) is 16.8 Å². The van der Waals surface area contributed by atoms with Crippen molar-refractivity contribution in [2.45, 2.75) is 104 Å². The maximum Gasteiger partial charge on any atom is 0.358 e. The number of anilines is 2. The zero-order valence-electron chi connectivity index (χ0n) is 30.5. The number of nitrogens with one attached hydrogen (secondary N) is 1. The van der Waals surface area contributed by atoms with E-state index in [1.165, 1.54) is 11.3 Å². The Morgan fingerprint density at radius 1 is 1.00 bits per heavy atom. The standard InChI is InChI=1S/C40H46N6O4S/c1-25-29(22-41-46(25)24-40(7)20-11-19-39(5,6)50-40)27-16-17-33(43-34(27)36(48)49-38(2,3)4)45-21-18-26-12-10-13-28(30(26)23-45)35(47)44-37-42-31-14-8-9-15-32(31)51-37/h8-10,12-17,22H,11,18-21,23-24H2,1-7H3,(H,42,44,47). The Bertz CT molecular complexity index is 2100. The van der Waals surface area contributed by atoms with Crippen LogP contribution in [0.15, 0.2) is 60.8 Å². The van der Waals surface area contributed by atoms with Gasteiger partial charge < -0.3 is 14.4 Å². The van der Waals surface area contributed by atoms with Crippen molar-refractivity contribution in [3.63, 3.8) is 0 Å². The highest BCUT2D eigenvalue weighted by molar-refractivity contribution is 7.22. The minimum atomic E-state index is -0.708. The molecular formula is C40H46N6O4S. The number of aromatic nitrogens is 4. The van der Waals surface area contributed by atoms with Gasteiger partial charge >= 0.3 is 5.97 Å². The van der Waals surface area contributed by atoms with E-state index in [-0.39, 0.29) is 22.8 Å². The summed E-state index contributed by atoms with van der Waals surface area (Å²) >= 11 is 1.45. The second kappa shape index (κ2) is 13.2. The number of ether oxygens (including phenoxy) is 2. The quantitative estimate of drug-likeness (QED) is 0.168. The molecule has 2 aliphatic heterocycles. The summed E-state index contributed by atoms with van der Waals surface area (Å²) in [6.07, 6.45) is 5.62. The van der Waals surface area contributed by atoms with Crippen LogP contribution in [0.25, 0.3) is 21.3 Å². The Kier molecular flexibility index (Phi) is 9.00. The highest BCUT2D eigenvalue weighted by Gasteiger charge is 2.38. The van der Waals surface area contributed by atoms with Crippen LogP contribution in [0.3, 0.4) is 0 Å². The molecule has 1 N–H and O–H groups in total. The highest BCUT2D eigenvalue weighted by atomic mass is 32.1. The van der Waals surface area contributed by atoms with E-state index in [0.717, 1.165) is 58.3 Å². The fraction of sp³-hybridized carbons (Fsp3) is 0.425. The first-order valence-corrected chi connectivity index (χ1v) is 18.5. The Hall–Kier alpha value is -4.61. The van der Waals surface area contributed by atoms with Gasteiger partial charge in [-0.25, -0.2) is 14.8 Å². The monoisotopic (exact) mass is 706 g/mol. The second-order valence-electron chi connectivity index (χ2n) is 15.6. The molecule has 1 saturated heterocycles. The number of para-hydroxylation sites is 1. The lowest BCUT2D eigenvalue weighted by Gasteiger charge is -2.43. The molecule has 5 aromatic rings. The van der Waals surface area contributed by atoms with Gasteiger partial charge in [0.05, 0.1) is 34.2 Å². The zero-order valence-corrected chi connectivity index (χ0v) is 31.3. The average Bonchev–Trinajstić information content (AvgIpc) is 3.64. The number of hydrogen-bond acceptors (Lipinski definition) is 9. The Morgan fingerprint density at radius 3 is 2.57 bits per heavy atom. The third kappa shape index (κ3) is 7.41. The van der Waals surface area contributed by atoms with E-state index < -0.39 is 11.6 Å². The minimum Gasteiger partial charge on any atom is -0.455 e. The van der Waals surface area contributed by atoms with Crippen LogP contribution in [0.5, 0.6) is 0 Å². The summed E-state index contributed by atoms with van der Waals surface area (Å²) < 4.78 is 15.4. The smallest absolute Gasteiger partial charge is 0.358 e. The maximum absolute atomic E-state index is 13.8. The molecule has 5 heterocycles. The molecule has 11 heteroatoms. The fourth-order valence-electron chi connectivity index (χ4n) is 7.36. The number of carbonyl (C=O) groups excluding carboxylic acids is 2. The van der Waals surface area contributed by atoms with E-state index in [1.807, 2.05) is 87.1 Å². The van der Waals surface area contributed by atoms with Gasteiger partial charge in [-0.05, 0) is 116 Å². The summed E-state index contributed by atoms with van der Waals surface area (Å²) in [5, 5.41) is 8.35. The van der Waals surface area contributed by atoms with Gasteiger partial charge in [0.15, 0.2) is 10.8 Å². The largest absolute Gasteiger partial charge is 0.455 e. The van der Waals surface area contributed by atoms with Crippen molar-refractivity contribution < 1.29 is 19.1 Å². The summed E-state index contributed by atoms with van der Waals surface area (Å²) in [6, 6.07) is 17.6. The number of hydrogen-bond donors (Lipinski definition) is 1. The van der Waals surface area contributed by atoms with Gasteiger partial charge in [0, 0.05) is 35.5 Å². The first-order valence-electron chi connectivity index (χ1n) is 17.7. The predicted octanol–water partition coefficient (Wildman–Crippen LogP) is 8.37. The van der Waals surface area contributed by atoms with Crippen molar-refractivity contribution in [2.24, 2.45) is 0 Å². The number of thiazole rings is 1. The number of benzene rings is 2. The second-order valence-corrected chi connectivity index (χ2v) is 16.6. The number of nitrogens with zero attached hydrogens (tertiary/aromatic N) is 5. The van der Waals surface area contributed by atoms with Gasteiger partial charge in [-0.1, -0.05) is 35.6 Å². The first-order chi connectivity index (χ1) is 24.2. The number of amides is 1. The number of carbonyl (C=O) groups is 2. The topological polar surface area (TPSA) is 111 Å².